The van der Waals surface area contributed by atoms with Crippen molar-refractivity contribution in [3.05, 3.63) is 29.0 Å². The van der Waals surface area contributed by atoms with Gasteiger partial charge in [0.05, 0.1) is 20.6 Å². The van der Waals surface area contributed by atoms with Gasteiger partial charge in [0.15, 0.2) is 0 Å². The fourth-order valence-corrected chi connectivity index (χ4v) is 3.48. The second-order valence-electron chi connectivity index (χ2n) is 4.91. The minimum Gasteiger partial charge on any atom is -0.369 e. The van der Waals surface area contributed by atoms with Gasteiger partial charge in [0, 0.05) is 12.0 Å². The number of halogens is 1. The average Bonchev–Trinajstić information content (AvgIpc) is 3.03. The van der Waals surface area contributed by atoms with Gasteiger partial charge in [-0.15, -0.1) is 11.3 Å². The van der Waals surface area contributed by atoms with Crippen LogP contribution in [0.5, 0.6) is 0 Å². The van der Waals surface area contributed by atoms with E-state index < -0.39 is 5.41 Å². The molecule has 94 valence electrons. The highest BCUT2D eigenvalue weighted by Gasteiger charge is 2.54. The van der Waals surface area contributed by atoms with Crippen LogP contribution >= 0.6 is 11.3 Å². The van der Waals surface area contributed by atoms with Crippen molar-refractivity contribution in [3.8, 4) is 0 Å². The number of thiazole rings is 1. The molecular weight excluding hydrogens is 251 g/mol. The molecule has 0 radical (unpaired) electrons. The largest absolute Gasteiger partial charge is 0.369 e. The third kappa shape index (κ3) is 1.61. The molecule has 1 aliphatic rings. The molecule has 0 saturated heterocycles. The molecule has 3 rings (SSSR count). The standard InChI is InChI=1S/C13H13FN2OS/c1-7(13(4-5-13)12(15)17)11-16-9-6-8(14)2-3-10(9)18-11/h2-3,6-7H,4-5H2,1H3,(H2,15,17)/t7-/m1/s1. The molecular formula is C13H13FN2OS. The summed E-state index contributed by atoms with van der Waals surface area (Å²) < 4.78 is 14.1. The van der Waals surface area contributed by atoms with Crippen molar-refractivity contribution >= 4 is 27.5 Å². The Balaban J connectivity index is 2.02. The zero-order valence-electron chi connectivity index (χ0n) is 9.94. The summed E-state index contributed by atoms with van der Waals surface area (Å²) in [6.45, 7) is 1.98. The lowest BCUT2D eigenvalue weighted by molar-refractivity contribution is -0.123. The SMILES string of the molecule is C[C@H](c1nc2cc(F)ccc2s1)C1(C(N)=O)CC1. The van der Waals surface area contributed by atoms with E-state index in [0.29, 0.717) is 5.52 Å². The summed E-state index contributed by atoms with van der Waals surface area (Å²) in [7, 11) is 0. The van der Waals surface area contributed by atoms with Crippen LogP contribution in [0.2, 0.25) is 0 Å². The van der Waals surface area contributed by atoms with Crippen molar-refractivity contribution in [3.63, 3.8) is 0 Å². The summed E-state index contributed by atoms with van der Waals surface area (Å²) in [5.74, 6) is -0.529. The molecule has 0 spiro atoms. The highest BCUT2D eigenvalue weighted by Crippen LogP contribution is 2.56. The van der Waals surface area contributed by atoms with Gasteiger partial charge in [-0.2, -0.15) is 0 Å². The van der Waals surface area contributed by atoms with E-state index in [4.69, 9.17) is 5.73 Å². The summed E-state index contributed by atoms with van der Waals surface area (Å²) in [6, 6.07) is 4.57. The average molecular weight is 264 g/mol. The molecule has 1 aliphatic carbocycles. The van der Waals surface area contributed by atoms with Gasteiger partial charge in [-0.05, 0) is 25.0 Å². The highest BCUT2D eigenvalue weighted by atomic mass is 32.1. The molecule has 0 bridgehead atoms. The molecule has 1 aromatic heterocycles. The normalized spacial score (nSPS) is 18.8. The number of carbonyl (C=O) groups excluding carboxylic acids is 1. The number of benzene rings is 1. The van der Waals surface area contributed by atoms with Crippen LogP contribution in [-0.2, 0) is 4.79 Å². The Kier molecular flexibility index (Phi) is 2.41. The predicted octanol–water partition coefficient (Wildman–Crippen LogP) is 2.80. The highest BCUT2D eigenvalue weighted by molar-refractivity contribution is 7.18. The number of hydrogen-bond acceptors (Lipinski definition) is 3. The van der Waals surface area contributed by atoms with Crippen LogP contribution in [0.3, 0.4) is 0 Å². The van der Waals surface area contributed by atoms with E-state index in [1.165, 1.54) is 23.5 Å². The van der Waals surface area contributed by atoms with Crippen molar-refractivity contribution in [2.75, 3.05) is 0 Å². The molecule has 1 fully saturated rings. The van der Waals surface area contributed by atoms with E-state index in [1.54, 1.807) is 6.07 Å². The fourth-order valence-electron chi connectivity index (χ4n) is 2.37. The summed E-state index contributed by atoms with van der Waals surface area (Å²) in [6.07, 6.45) is 1.65. The Hall–Kier alpha value is -1.49. The first-order valence-corrected chi connectivity index (χ1v) is 6.70. The Labute approximate surface area is 108 Å². The zero-order valence-corrected chi connectivity index (χ0v) is 10.8. The predicted molar refractivity (Wildman–Crippen MR) is 68.9 cm³/mol. The Morgan fingerprint density at radius 1 is 1.56 bits per heavy atom. The van der Waals surface area contributed by atoms with E-state index in [1.807, 2.05) is 6.92 Å². The number of aromatic nitrogens is 1. The van der Waals surface area contributed by atoms with Crippen LogP contribution in [0.25, 0.3) is 10.2 Å². The molecule has 0 unspecified atom stereocenters. The molecule has 2 aromatic rings. The summed E-state index contributed by atoms with van der Waals surface area (Å²) in [4.78, 5) is 15.9. The monoisotopic (exact) mass is 264 g/mol. The Morgan fingerprint density at radius 2 is 2.28 bits per heavy atom. The minimum atomic E-state index is -0.424. The maximum absolute atomic E-state index is 13.1. The van der Waals surface area contributed by atoms with Crippen LogP contribution in [0.1, 0.15) is 30.7 Å². The smallest absolute Gasteiger partial charge is 0.224 e. The number of primary amides is 1. The maximum atomic E-state index is 13.1. The van der Waals surface area contributed by atoms with Crippen molar-refractivity contribution < 1.29 is 9.18 Å². The number of fused-ring (bicyclic) bond motifs is 1. The van der Waals surface area contributed by atoms with Crippen LogP contribution in [0.4, 0.5) is 4.39 Å². The van der Waals surface area contributed by atoms with E-state index in [2.05, 4.69) is 4.98 Å². The molecule has 18 heavy (non-hydrogen) atoms. The van der Waals surface area contributed by atoms with E-state index in [0.717, 1.165) is 22.5 Å². The quantitative estimate of drug-likeness (QED) is 0.926. The number of hydrogen-bond donors (Lipinski definition) is 1. The molecule has 5 heteroatoms. The molecule has 1 aromatic carbocycles. The number of nitrogens with zero attached hydrogens (tertiary/aromatic N) is 1. The summed E-state index contributed by atoms with van der Waals surface area (Å²) in [5.41, 5.74) is 5.70. The van der Waals surface area contributed by atoms with Crippen molar-refractivity contribution in [2.24, 2.45) is 11.1 Å². The lowest BCUT2D eigenvalue weighted by Gasteiger charge is -2.17. The third-order valence-electron chi connectivity index (χ3n) is 3.84. The number of carbonyl (C=O) groups is 1. The lowest BCUT2D eigenvalue weighted by Crippen LogP contribution is -2.29. The topological polar surface area (TPSA) is 56.0 Å². The number of nitrogens with two attached hydrogens (primary N) is 1. The number of amides is 1. The molecule has 1 saturated carbocycles. The van der Waals surface area contributed by atoms with Crippen LogP contribution in [0.15, 0.2) is 18.2 Å². The zero-order chi connectivity index (χ0) is 12.9. The van der Waals surface area contributed by atoms with Gasteiger partial charge in [-0.25, -0.2) is 9.37 Å². The van der Waals surface area contributed by atoms with Crippen molar-refractivity contribution in [1.82, 2.24) is 4.98 Å². The maximum Gasteiger partial charge on any atom is 0.224 e. The van der Waals surface area contributed by atoms with E-state index in [9.17, 15) is 9.18 Å². The van der Waals surface area contributed by atoms with Crippen LogP contribution in [0, 0.1) is 11.2 Å². The minimum absolute atomic E-state index is 0.00969. The van der Waals surface area contributed by atoms with Gasteiger partial charge in [0.25, 0.3) is 0 Å². The third-order valence-corrected chi connectivity index (χ3v) is 5.06. The van der Waals surface area contributed by atoms with Gasteiger partial charge in [-0.3, -0.25) is 4.79 Å². The van der Waals surface area contributed by atoms with Crippen LogP contribution < -0.4 is 5.73 Å². The molecule has 1 heterocycles. The molecule has 1 amide bonds. The van der Waals surface area contributed by atoms with E-state index >= 15 is 0 Å². The molecule has 3 nitrogen and oxygen atoms in total. The first-order chi connectivity index (χ1) is 8.53. The summed E-state index contributed by atoms with van der Waals surface area (Å²) in [5, 5.41) is 0.868. The van der Waals surface area contributed by atoms with Crippen molar-refractivity contribution in [2.45, 2.75) is 25.7 Å². The molecule has 0 aliphatic heterocycles. The van der Waals surface area contributed by atoms with Crippen molar-refractivity contribution in [1.29, 1.82) is 0 Å². The van der Waals surface area contributed by atoms with E-state index in [-0.39, 0.29) is 17.6 Å². The second kappa shape index (κ2) is 3.75. The van der Waals surface area contributed by atoms with Crippen LogP contribution in [-0.4, -0.2) is 10.9 Å². The van der Waals surface area contributed by atoms with Gasteiger partial charge in [0.1, 0.15) is 5.82 Å². The molecule has 1 atom stereocenters. The van der Waals surface area contributed by atoms with Gasteiger partial charge < -0.3 is 5.73 Å². The van der Waals surface area contributed by atoms with Gasteiger partial charge >= 0.3 is 0 Å². The Bertz CT molecular complexity index is 633. The fraction of sp³-hybridized carbons (Fsp3) is 0.385. The van der Waals surface area contributed by atoms with Gasteiger partial charge in [0.2, 0.25) is 5.91 Å². The van der Waals surface area contributed by atoms with Gasteiger partial charge in [-0.1, -0.05) is 6.92 Å². The lowest BCUT2D eigenvalue weighted by atomic mass is 9.90. The number of rotatable bonds is 3. The Morgan fingerprint density at radius 3 is 2.89 bits per heavy atom. The second-order valence-corrected chi connectivity index (χ2v) is 5.97. The summed E-state index contributed by atoms with van der Waals surface area (Å²) >= 11 is 1.51. The molecule has 2 N–H and O–H groups in total. The first kappa shape index (κ1) is 11.6. The first-order valence-electron chi connectivity index (χ1n) is 5.89.